The smallest absolute Gasteiger partial charge is 0.272 e. The molecule has 0 aliphatic heterocycles. The summed E-state index contributed by atoms with van der Waals surface area (Å²) in [5.41, 5.74) is 1.50. The summed E-state index contributed by atoms with van der Waals surface area (Å²) in [7, 11) is 0. The number of carbonyl (C=O) groups is 1. The molecule has 98 valence electrons. The van der Waals surface area contributed by atoms with Gasteiger partial charge in [0, 0.05) is 6.54 Å². The fourth-order valence-electron chi connectivity index (χ4n) is 2.17. The third-order valence-corrected chi connectivity index (χ3v) is 3.91. The molecular formula is C12H18Cl3NO. The third kappa shape index (κ3) is 3.77. The first-order valence-electron chi connectivity index (χ1n) is 5.57. The van der Waals surface area contributed by atoms with Gasteiger partial charge in [0.2, 0.25) is 0 Å². The second-order valence-corrected chi connectivity index (χ2v) is 7.69. The predicted molar refractivity (Wildman–Crippen MR) is 73.5 cm³/mol. The Morgan fingerprint density at radius 2 is 1.88 bits per heavy atom. The van der Waals surface area contributed by atoms with E-state index in [1.165, 1.54) is 5.57 Å². The molecule has 1 rings (SSSR count). The van der Waals surface area contributed by atoms with Gasteiger partial charge in [0.15, 0.2) is 0 Å². The highest BCUT2D eigenvalue weighted by molar-refractivity contribution is 6.76. The molecule has 5 heteroatoms. The minimum atomic E-state index is -1.87. The Morgan fingerprint density at radius 3 is 2.29 bits per heavy atom. The van der Waals surface area contributed by atoms with E-state index in [1.54, 1.807) is 0 Å². The number of alkyl halides is 3. The van der Waals surface area contributed by atoms with Crippen molar-refractivity contribution in [2.24, 2.45) is 17.3 Å². The second-order valence-electron chi connectivity index (χ2n) is 5.41. The van der Waals surface area contributed by atoms with Gasteiger partial charge in [-0.3, -0.25) is 4.79 Å². The van der Waals surface area contributed by atoms with Crippen molar-refractivity contribution in [3.63, 3.8) is 0 Å². The van der Waals surface area contributed by atoms with Crippen molar-refractivity contribution < 1.29 is 4.79 Å². The Bertz CT molecular complexity index is 340. The van der Waals surface area contributed by atoms with Gasteiger partial charge >= 0.3 is 0 Å². The van der Waals surface area contributed by atoms with E-state index in [-0.39, 0.29) is 5.41 Å². The zero-order valence-electron chi connectivity index (χ0n) is 10.5. The predicted octanol–water partition coefficient (Wildman–Crippen LogP) is 3.71. The van der Waals surface area contributed by atoms with E-state index in [4.69, 9.17) is 34.8 Å². The molecule has 0 aromatic heterocycles. The molecule has 0 aromatic rings. The largest absolute Gasteiger partial charge is 0.352 e. The quantitative estimate of drug-likeness (QED) is 0.624. The summed E-state index contributed by atoms with van der Waals surface area (Å²) in [6.07, 6.45) is 2.24. The van der Waals surface area contributed by atoms with E-state index >= 15 is 0 Å². The van der Waals surface area contributed by atoms with Crippen LogP contribution in [0, 0.1) is 17.3 Å². The number of amides is 1. The molecular weight excluding hydrogens is 280 g/mol. The number of carbonyl (C=O) groups excluding carboxylic acids is 1. The second kappa shape index (κ2) is 4.99. The average Bonchev–Trinajstić information content (AvgIpc) is 2.61. The number of hydrogen-bond donors (Lipinski definition) is 1. The van der Waals surface area contributed by atoms with Crippen molar-refractivity contribution in [1.29, 1.82) is 0 Å². The van der Waals surface area contributed by atoms with Gasteiger partial charge in [0.05, 0.1) is 0 Å². The summed E-state index contributed by atoms with van der Waals surface area (Å²) in [5, 5.41) is 2.68. The first-order chi connectivity index (χ1) is 7.56. The first-order valence-corrected chi connectivity index (χ1v) is 6.70. The molecule has 0 saturated heterocycles. The van der Waals surface area contributed by atoms with Crippen LogP contribution in [0.3, 0.4) is 0 Å². The molecule has 0 spiro atoms. The normalized spacial score (nSPS) is 26.3. The maximum absolute atomic E-state index is 11.4. The number of hydrogen-bond acceptors (Lipinski definition) is 1. The van der Waals surface area contributed by atoms with Crippen LogP contribution in [-0.2, 0) is 4.79 Å². The van der Waals surface area contributed by atoms with Crippen molar-refractivity contribution in [1.82, 2.24) is 5.32 Å². The number of allylic oxidation sites excluding steroid dienone is 2. The zero-order chi connectivity index (χ0) is 13.4. The molecule has 1 N–H and O–H groups in total. The van der Waals surface area contributed by atoms with E-state index in [9.17, 15) is 4.79 Å². The summed E-state index contributed by atoms with van der Waals surface area (Å²) < 4.78 is -1.87. The van der Waals surface area contributed by atoms with E-state index in [2.05, 4.69) is 39.1 Å². The number of nitrogens with one attached hydrogen (secondary N) is 1. The molecule has 0 heterocycles. The molecule has 1 amide bonds. The van der Waals surface area contributed by atoms with Gasteiger partial charge in [0.1, 0.15) is 0 Å². The summed E-state index contributed by atoms with van der Waals surface area (Å²) >= 11 is 16.5. The molecule has 2 atom stereocenters. The standard InChI is InChI=1S/C12H18Cl3NO/c1-7(2)5-8-9(11(8,3)4)6-16-10(17)12(13,14)15/h5,8-9H,6H2,1-4H3,(H,16,17)/t8-,9+/m0/s1. The van der Waals surface area contributed by atoms with Crippen LogP contribution in [0.5, 0.6) is 0 Å². The minimum absolute atomic E-state index is 0.206. The molecule has 0 unspecified atom stereocenters. The Labute approximate surface area is 118 Å². The van der Waals surface area contributed by atoms with Gasteiger partial charge in [0.25, 0.3) is 9.70 Å². The van der Waals surface area contributed by atoms with Crippen molar-refractivity contribution in [2.45, 2.75) is 31.5 Å². The summed E-state index contributed by atoms with van der Waals surface area (Å²) in [6, 6.07) is 0. The highest BCUT2D eigenvalue weighted by atomic mass is 35.6. The number of rotatable bonds is 3. The SMILES string of the molecule is CC(C)=C[C@H]1[C@@H](CNC(=O)C(Cl)(Cl)Cl)C1(C)C. The average molecular weight is 299 g/mol. The molecule has 1 aliphatic carbocycles. The number of halogens is 3. The maximum atomic E-state index is 11.4. The van der Waals surface area contributed by atoms with Crippen LogP contribution in [0.15, 0.2) is 11.6 Å². The van der Waals surface area contributed by atoms with Crippen LogP contribution in [0.4, 0.5) is 0 Å². The first kappa shape index (κ1) is 15.1. The van der Waals surface area contributed by atoms with Crippen LogP contribution in [0.2, 0.25) is 0 Å². The molecule has 0 bridgehead atoms. The van der Waals surface area contributed by atoms with Crippen LogP contribution in [0.25, 0.3) is 0 Å². The van der Waals surface area contributed by atoms with Crippen LogP contribution >= 0.6 is 34.8 Å². The lowest BCUT2D eigenvalue weighted by atomic mass is 10.1. The van der Waals surface area contributed by atoms with Gasteiger partial charge < -0.3 is 5.32 Å². The molecule has 0 radical (unpaired) electrons. The van der Waals surface area contributed by atoms with Crippen LogP contribution in [0.1, 0.15) is 27.7 Å². The Kier molecular flexibility index (Phi) is 4.44. The monoisotopic (exact) mass is 297 g/mol. The van der Waals surface area contributed by atoms with Gasteiger partial charge in [-0.15, -0.1) is 0 Å². The summed E-state index contributed by atoms with van der Waals surface area (Å²) in [6.45, 7) is 9.07. The van der Waals surface area contributed by atoms with Crippen molar-refractivity contribution in [3.8, 4) is 0 Å². The Morgan fingerprint density at radius 1 is 1.35 bits per heavy atom. The summed E-state index contributed by atoms with van der Waals surface area (Å²) in [5.74, 6) is 0.345. The van der Waals surface area contributed by atoms with Gasteiger partial charge in [-0.25, -0.2) is 0 Å². The lowest BCUT2D eigenvalue weighted by molar-refractivity contribution is -0.120. The van der Waals surface area contributed by atoms with E-state index < -0.39 is 9.70 Å². The van der Waals surface area contributed by atoms with Crippen molar-refractivity contribution in [2.75, 3.05) is 6.54 Å². The van der Waals surface area contributed by atoms with E-state index in [0.29, 0.717) is 18.4 Å². The van der Waals surface area contributed by atoms with E-state index in [0.717, 1.165) is 0 Å². The molecule has 1 saturated carbocycles. The fraction of sp³-hybridized carbons (Fsp3) is 0.750. The maximum Gasteiger partial charge on any atom is 0.272 e. The summed E-state index contributed by atoms with van der Waals surface area (Å²) in [4.78, 5) is 11.4. The molecule has 0 aromatic carbocycles. The lowest BCUT2D eigenvalue weighted by Gasteiger charge is -2.11. The fourth-order valence-corrected chi connectivity index (χ4v) is 2.37. The third-order valence-electron chi connectivity index (χ3n) is 3.39. The Balaban J connectivity index is 2.50. The van der Waals surface area contributed by atoms with Gasteiger partial charge in [-0.05, 0) is 31.1 Å². The molecule has 1 fully saturated rings. The highest BCUT2D eigenvalue weighted by Crippen LogP contribution is 2.58. The van der Waals surface area contributed by atoms with Gasteiger partial charge in [-0.2, -0.15) is 0 Å². The minimum Gasteiger partial charge on any atom is -0.352 e. The Hall–Kier alpha value is 0.0800. The molecule has 17 heavy (non-hydrogen) atoms. The van der Waals surface area contributed by atoms with Crippen LogP contribution in [-0.4, -0.2) is 16.2 Å². The topological polar surface area (TPSA) is 29.1 Å². The zero-order valence-corrected chi connectivity index (χ0v) is 12.7. The molecule has 2 nitrogen and oxygen atoms in total. The highest BCUT2D eigenvalue weighted by Gasteiger charge is 2.56. The van der Waals surface area contributed by atoms with Crippen LogP contribution < -0.4 is 5.32 Å². The lowest BCUT2D eigenvalue weighted by Crippen LogP contribution is -2.36. The van der Waals surface area contributed by atoms with Gasteiger partial charge in [-0.1, -0.05) is 60.3 Å². The molecule has 1 aliphatic rings. The van der Waals surface area contributed by atoms with Crippen molar-refractivity contribution >= 4 is 40.7 Å². The van der Waals surface area contributed by atoms with Crippen molar-refractivity contribution in [3.05, 3.63) is 11.6 Å². The van der Waals surface area contributed by atoms with E-state index in [1.807, 2.05) is 0 Å².